The Balaban J connectivity index is 3.19. The summed E-state index contributed by atoms with van der Waals surface area (Å²) in [6.07, 6.45) is 1.11. The molecule has 17 heavy (non-hydrogen) atoms. The van der Waals surface area contributed by atoms with E-state index in [-0.39, 0.29) is 5.54 Å². The molecule has 0 amide bonds. The average Bonchev–Trinajstić information content (AvgIpc) is 2.31. The summed E-state index contributed by atoms with van der Waals surface area (Å²) in [4.78, 5) is 2.32. The highest BCUT2D eigenvalue weighted by Crippen LogP contribution is 2.33. The molecule has 0 bridgehead atoms. The molecule has 0 aliphatic heterocycles. The fraction of sp³-hybridized carbons (Fsp3) is 0.600. The molecule has 96 valence electrons. The first-order valence-electron chi connectivity index (χ1n) is 6.37. The van der Waals surface area contributed by atoms with Crippen molar-refractivity contribution in [3.8, 4) is 0 Å². The molecular formula is C15H26N2. The van der Waals surface area contributed by atoms with E-state index in [0.717, 1.165) is 6.42 Å². The molecule has 0 spiro atoms. The summed E-state index contributed by atoms with van der Waals surface area (Å²) in [5.41, 5.74) is 2.88. The Morgan fingerprint density at radius 1 is 1.29 bits per heavy atom. The first-order chi connectivity index (χ1) is 7.97. The van der Waals surface area contributed by atoms with Gasteiger partial charge in [0.05, 0.1) is 6.04 Å². The van der Waals surface area contributed by atoms with E-state index in [0.29, 0.717) is 6.04 Å². The number of hydrogen-bond donors (Lipinski definition) is 1. The molecule has 0 fully saturated rings. The molecule has 0 aliphatic rings. The van der Waals surface area contributed by atoms with E-state index in [9.17, 15) is 0 Å². The van der Waals surface area contributed by atoms with Gasteiger partial charge in [-0.15, -0.1) is 0 Å². The molecule has 2 nitrogen and oxygen atoms in total. The smallest absolute Gasteiger partial charge is 0.0504 e. The van der Waals surface area contributed by atoms with E-state index in [1.54, 1.807) is 0 Å². The predicted molar refractivity (Wildman–Crippen MR) is 75.4 cm³/mol. The number of likely N-dealkylation sites (N-methyl/N-ethyl adjacent to an activating group) is 2. The van der Waals surface area contributed by atoms with Crippen molar-refractivity contribution in [2.24, 2.45) is 0 Å². The van der Waals surface area contributed by atoms with Gasteiger partial charge in [0.1, 0.15) is 0 Å². The normalized spacial score (nSPS) is 16.9. The number of benzene rings is 1. The highest BCUT2D eigenvalue weighted by Gasteiger charge is 2.35. The van der Waals surface area contributed by atoms with Crippen LogP contribution in [0.25, 0.3) is 0 Å². The Kier molecular flexibility index (Phi) is 4.72. The Morgan fingerprint density at radius 2 is 1.88 bits per heavy atom. The van der Waals surface area contributed by atoms with Crippen LogP contribution in [-0.4, -0.2) is 31.6 Å². The van der Waals surface area contributed by atoms with Gasteiger partial charge >= 0.3 is 0 Å². The first kappa shape index (κ1) is 14.2. The zero-order valence-electron chi connectivity index (χ0n) is 12.0. The summed E-state index contributed by atoms with van der Waals surface area (Å²) < 4.78 is 0. The molecule has 1 aromatic carbocycles. The predicted octanol–water partition coefficient (Wildman–Crippen LogP) is 2.99. The van der Waals surface area contributed by atoms with Crippen molar-refractivity contribution in [3.05, 3.63) is 35.4 Å². The SMILES string of the molecule is CCC(C)(C(NC)c1ccccc1C)N(C)C. The average molecular weight is 234 g/mol. The second kappa shape index (κ2) is 5.65. The van der Waals surface area contributed by atoms with Crippen molar-refractivity contribution < 1.29 is 0 Å². The molecule has 1 aromatic rings. The zero-order chi connectivity index (χ0) is 13.1. The molecule has 0 heterocycles. The minimum Gasteiger partial charge on any atom is -0.311 e. The number of nitrogens with zero attached hydrogens (tertiary/aromatic N) is 1. The van der Waals surface area contributed by atoms with Gasteiger partial charge in [-0.3, -0.25) is 0 Å². The highest BCUT2D eigenvalue weighted by molar-refractivity contribution is 5.31. The summed E-state index contributed by atoms with van der Waals surface area (Å²) in [5.74, 6) is 0. The third kappa shape index (κ3) is 2.70. The standard InChI is InChI=1S/C15H26N2/c1-7-15(3,17(5)6)14(16-4)13-11-9-8-10-12(13)2/h8-11,14,16H,7H2,1-6H3. The zero-order valence-corrected chi connectivity index (χ0v) is 12.0. The third-order valence-electron chi connectivity index (χ3n) is 4.15. The second-order valence-electron chi connectivity index (χ2n) is 5.18. The lowest BCUT2D eigenvalue weighted by molar-refractivity contribution is 0.116. The van der Waals surface area contributed by atoms with E-state index >= 15 is 0 Å². The second-order valence-corrected chi connectivity index (χ2v) is 5.18. The summed E-state index contributed by atoms with van der Waals surface area (Å²) in [6.45, 7) is 6.76. The maximum atomic E-state index is 3.49. The van der Waals surface area contributed by atoms with E-state index in [4.69, 9.17) is 0 Å². The summed E-state index contributed by atoms with van der Waals surface area (Å²) in [7, 11) is 6.37. The molecule has 0 radical (unpaired) electrons. The molecular weight excluding hydrogens is 208 g/mol. The Hall–Kier alpha value is -0.860. The van der Waals surface area contributed by atoms with Gasteiger partial charge < -0.3 is 10.2 Å². The number of rotatable bonds is 5. The first-order valence-corrected chi connectivity index (χ1v) is 6.37. The fourth-order valence-corrected chi connectivity index (χ4v) is 2.49. The van der Waals surface area contributed by atoms with Crippen LogP contribution < -0.4 is 5.32 Å². The van der Waals surface area contributed by atoms with Crippen LogP contribution in [0, 0.1) is 6.92 Å². The van der Waals surface area contributed by atoms with E-state index in [1.807, 2.05) is 0 Å². The van der Waals surface area contributed by atoms with E-state index in [2.05, 4.69) is 76.4 Å². The number of hydrogen-bond acceptors (Lipinski definition) is 2. The lowest BCUT2D eigenvalue weighted by Crippen LogP contribution is -2.50. The van der Waals surface area contributed by atoms with Crippen molar-refractivity contribution in [3.63, 3.8) is 0 Å². The Morgan fingerprint density at radius 3 is 2.29 bits per heavy atom. The van der Waals surface area contributed by atoms with Crippen molar-refractivity contribution in [1.82, 2.24) is 10.2 Å². The quantitative estimate of drug-likeness (QED) is 0.842. The Bertz CT molecular complexity index is 360. The molecule has 0 aliphatic carbocycles. The van der Waals surface area contributed by atoms with Crippen LogP contribution in [0.1, 0.15) is 37.4 Å². The van der Waals surface area contributed by atoms with Crippen LogP contribution in [0.2, 0.25) is 0 Å². The maximum Gasteiger partial charge on any atom is 0.0504 e. The third-order valence-corrected chi connectivity index (χ3v) is 4.15. The van der Waals surface area contributed by atoms with Crippen molar-refractivity contribution in [2.75, 3.05) is 21.1 Å². The minimum atomic E-state index is 0.126. The number of aryl methyl sites for hydroxylation is 1. The molecule has 2 unspecified atom stereocenters. The summed E-state index contributed by atoms with van der Waals surface area (Å²) in [6, 6.07) is 8.99. The monoisotopic (exact) mass is 234 g/mol. The number of nitrogens with one attached hydrogen (secondary N) is 1. The van der Waals surface area contributed by atoms with Gasteiger partial charge in [-0.1, -0.05) is 31.2 Å². The molecule has 1 rings (SSSR count). The Labute approximate surface area is 106 Å². The van der Waals surface area contributed by atoms with Gasteiger partial charge in [0.2, 0.25) is 0 Å². The van der Waals surface area contributed by atoms with Gasteiger partial charge in [0.25, 0.3) is 0 Å². The largest absolute Gasteiger partial charge is 0.311 e. The topological polar surface area (TPSA) is 15.3 Å². The molecule has 1 N–H and O–H groups in total. The molecule has 2 atom stereocenters. The highest BCUT2D eigenvalue weighted by atomic mass is 15.2. The van der Waals surface area contributed by atoms with Crippen molar-refractivity contribution in [1.29, 1.82) is 0 Å². The van der Waals surface area contributed by atoms with E-state index < -0.39 is 0 Å². The minimum absolute atomic E-state index is 0.126. The van der Waals surface area contributed by atoms with Gasteiger partial charge in [0, 0.05) is 5.54 Å². The van der Waals surface area contributed by atoms with Gasteiger partial charge in [-0.05, 0) is 52.5 Å². The van der Waals surface area contributed by atoms with Gasteiger partial charge in [-0.25, -0.2) is 0 Å². The van der Waals surface area contributed by atoms with Crippen molar-refractivity contribution in [2.45, 2.75) is 38.8 Å². The lowest BCUT2D eigenvalue weighted by atomic mass is 9.82. The van der Waals surface area contributed by atoms with Crippen LogP contribution in [0.3, 0.4) is 0 Å². The van der Waals surface area contributed by atoms with Crippen LogP contribution in [0.4, 0.5) is 0 Å². The van der Waals surface area contributed by atoms with E-state index in [1.165, 1.54) is 11.1 Å². The van der Waals surface area contributed by atoms with Gasteiger partial charge in [0.15, 0.2) is 0 Å². The summed E-state index contributed by atoms with van der Waals surface area (Å²) >= 11 is 0. The lowest BCUT2D eigenvalue weighted by Gasteiger charge is -2.43. The summed E-state index contributed by atoms with van der Waals surface area (Å²) in [5, 5.41) is 3.49. The molecule has 0 saturated carbocycles. The maximum absolute atomic E-state index is 3.49. The van der Waals surface area contributed by atoms with Crippen LogP contribution in [0.5, 0.6) is 0 Å². The molecule has 0 saturated heterocycles. The molecule has 0 aromatic heterocycles. The van der Waals surface area contributed by atoms with Crippen LogP contribution >= 0.6 is 0 Å². The van der Waals surface area contributed by atoms with Crippen molar-refractivity contribution >= 4 is 0 Å². The van der Waals surface area contributed by atoms with Crippen LogP contribution in [0.15, 0.2) is 24.3 Å². The fourth-order valence-electron chi connectivity index (χ4n) is 2.49. The van der Waals surface area contributed by atoms with Crippen LogP contribution in [-0.2, 0) is 0 Å². The molecule has 2 heteroatoms. The van der Waals surface area contributed by atoms with Gasteiger partial charge in [-0.2, -0.15) is 0 Å².